The molecule has 2 aliphatic rings. The van der Waals surface area contributed by atoms with E-state index < -0.39 is 17.6 Å². The lowest BCUT2D eigenvalue weighted by Crippen LogP contribution is -2.53. The minimum atomic E-state index is -0.569. The average Bonchev–Trinajstić information content (AvgIpc) is 2.93. The van der Waals surface area contributed by atoms with E-state index in [-0.39, 0.29) is 23.8 Å². The van der Waals surface area contributed by atoms with Crippen LogP contribution in [0.15, 0.2) is 72.8 Å². The zero-order chi connectivity index (χ0) is 27.4. The summed E-state index contributed by atoms with van der Waals surface area (Å²) in [4.78, 5) is 12.8. The lowest BCUT2D eigenvalue weighted by atomic mass is 9.71. The minimum Gasteiger partial charge on any atom is -0.492 e. The molecule has 206 valence electrons. The third-order valence-electron chi connectivity index (χ3n) is 7.77. The Balaban J connectivity index is 1.29. The van der Waals surface area contributed by atoms with Crippen molar-refractivity contribution in [2.75, 3.05) is 20.3 Å². The molecule has 3 aromatic carbocycles. The van der Waals surface area contributed by atoms with Crippen LogP contribution in [0.2, 0.25) is 0 Å². The highest BCUT2D eigenvalue weighted by atomic mass is 19.1. The van der Waals surface area contributed by atoms with Crippen LogP contribution in [0.25, 0.3) is 0 Å². The van der Waals surface area contributed by atoms with Gasteiger partial charge in [0.1, 0.15) is 29.5 Å². The molecular weight excluding hydrogens is 497 g/mol. The summed E-state index contributed by atoms with van der Waals surface area (Å²) in [7, 11) is 1.40. The van der Waals surface area contributed by atoms with Crippen LogP contribution in [0.3, 0.4) is 0 Å². The monoisotopic (exact) mass is 533 g/mol. The summed E-state index contributed by atoms with van der Waals surface area (Å²) in [6, 6.07) is 22.5. The molecule has 0 aliphatic carbocycles. The van der Waals surface area contributed by atoms with Crippen LogP contribution in [0, 0.1) is 17.7 Å². The standard InChI is InChI=1S/C32H36FNO5/c1-32(2)27-19-26(31(35)36-3)28(17-21-9-11-23(33)12-10-21)38-30(27)25-14-13-24(18-29(25)39-32)37-16-15-34-20-22-7-5-4-6-8-22/h4-14,18,26-28,30,34H,15-17,19-20H2,1-3H3/t26-,27-,28-,30+/m1/s1. The minimum absolute atomic E-state index is 0.0486. The van der Waals surface area contributed by atoms with Crippen LogP contribution in [0.1, 0.15) is 43.1 Å². The van der Waals surface area contributed by atoms with Crippen LogP contribution >= 0.6 is 0 Å². The maximum Gasteiger partial charge on any atom is 0.311 e. The van der Waals surface area contributed by atoms with Gasteiger partial charge in [0.15, 0.2) is 0 Å². The normalized spacial score (nSPS) is 23.2. The molecule has 1 N–H and O–H groups in total. The SMILES string of the molecule is COC(=O)[C@@H]1C[C@@H]2[C@@H](O[C@@H]1Cc1ccc(F)cc1)c1ccc(OCCNCc3ccccc3)cc1OC2(C)C. The number of hydrogen-bond donors (Lipinski definition) is 1. The van der Waals surface area contributed by atoms with Gasteiger partial charge >= 0.3 is 5.97 Å². The summed E-state index contributed by atoms with van der Waals surface area (Å²) >= 11 is 0. The molecule has 39 heavy (non-hydrogen) atoms. The summed E-state index contributed by atoms with van der Waals surface area (Å²) in [6.07, 6.45) is 0.395. The number of esters is 1. The van der Waals surface area contributed by atoms with Crippen LogP contribution in [-0.4, -0.2) is 37.9 Å². The van der Waals surface area contributed by atoms with Crippen molar-refractivity contribution in [2.24, 2.45) is 11.8 Å². The number of carbonyl (C=O) groups excluding carboxylic acids is 1. The number of nitrogens with one attached hydrogen (secondary N) is 1. The van der Waals surface area contributed by atoms with E-state index in [0.717, 1.165) is 29.2 Å². The quantitative estimate of drug-likeness (QED) is 0.284. The van der Waals surface area contributed by atoms with Gasteiger partial charge in [0, 0.05) is 30.6 Å². The van der Waals surface area contributed by atoms with Crippen LogP contribution in [-0.2, 0) is 27.2 Å². The Hall–Kier alpha value is -3.42. The predicted molar refractivity (Wildman–Crippen MR) is 146 cm³/mol. The Kier molecular flexibility index (Phi) is 8.19. The van der Waals surface area contributed by atoms with Gasteiger partial charge in [-0.1, -0.05) is 42.5 Å². The second-order valence-corrected chi connectivity index (χ2v) is 10.8. The maximum absolute atomic E-state index is 13.5. The molecule has 2 heterocycles. The number of benzene rings is 3. The van der Waals surface area contributed by atoms with E-state index in [1.165, 1.54) is 24.8 Å². The van der Waals surface area contributed by atoms with E-state index >= 15 is 0 Å². The van der Waals surface area contributed by atoms with Crippen LogP contribution in [0.5, 0.6) is 11.5 Å². The number of carbonyl (C=O) groups is 1. The number of hydrogen-bond acceptors (Lipinski definition) is 6. The van der Waals surface area contributed by atoms with E-state index in [1.54, 1.807) is 12.1 Å². The zero-order valence-corrected chi connectivity index (χ0v) is 22.7. The van der Waals surface area contributed by atoms with E-state index in [9.17, 15) is 9.18 Å². The topological polar surface area (TPSA) is 66.0 Å². The van der Waals surface area contributed by atoms with Gasteiger partial charge in [0.2, 0.25) is 0 Å². The third kappa shape index (κ3) is 6.26. The number of methoxy groups -OCH3 is 1. The predicted octanol–water partition coefficient (Wildman–Crippen LogP) is 5.64. The third-order valence-corrected chi connectivity index (χ3v) is 7.77. The average molecular weight is 534 g/mol. The Morgan fingerprint density at radius 3 is 2.56 bits per heavy atom. The lowest BCUT2D eigenvalue weighted by Gasteiger charge is -2.50. The van der Waals surface area contributed by atoms with Crippen molar-refractivity contribution in [3.05, 3.63) is 95.3 Å². The summed E-state index contributed by atoms with van der Waals surface area (Å²) in [6.45, 7) is 6.10. The van der Waals surface area contributed by atoms with Gasteiger partial charge in [-0.25, -0.2) is 4.39 Å². The smallest absolute Gasteiger partial charge is 0.311 e. The van der Waals surface area contributed by atoms with Gasteiger partial charge in [-0.3, -0.25) is 4.79 Å². The summed E-state index contributed by atoms with van der Waals surface area (Å²) in [5, 5.41) is 3.40. The van der Waals surface area contributed by atoms with Crippen molar-refractivity contribution < 1.29 is 28.1 Å². The molecule has 2 aliphatic heterocycles. The molecule has 7 heteroatoms. The van der Waals surface area contributed by atoms with Gasteiger partial charge in [0.05, 0.1) is 25.2 Å². The lowest BCUT2D eigenvalue weighted by molar-refractivity contribution is -0.189. The largest absolute Gasteiger partial charge is 0.492 e. The first-order valence-corrected chi connectivity index (χ1v) is 13.5. The maximum atomic E-state index is 13.5. The molecule has 3 aromatic rings. The first-order valence-electron chi connectivity index (χ1n) is 13.5. The zero-order valence-electron chi connectivity index (χ0n) is 22.7. The molecular formula is C32H36FNO5. The fourth-order valence-electron chi connectivity index (χ4n) is 5.66. The molecule has 0 spiro atoms. The van der Waals surface area contributed by atoms with E-state index in [4.69, 9.17) is 18.9 Å². The molecule has 0 aromatic heterocycles. The first-order chi connectivity index (χ1) is 18.8. The van der Waals surface area contributed by atoms with E-state index in [2.05, 4.69) is 17.4 Å². The molecule has 0 bridgehead atoms. The van der Waals surface area contributed by atoms with Crippen molar-refractivity contribution in [1.29, 1.82) is 0 Å². The highest BCUT2D eigenvalue weighted by Crippen LogP contribution is 2.53. The second kappa shape index (κ2) is 11.8. The Bertz CT molecular complexity index is 1260. The molecule has 4 atom stereocenters. The van der Waals surface area contributed by atoms with Crippen LogP contribution < -0.4 is 14.8 Å². The second-order valence-electron chi connectivity index (χ2n) is 10.8. The summed E-state index contributed by atoms with van der Waals surface area (Å²) in [5.41, 5.74) is 2.52. The Labute approximate surface area is 229 Å². The van der Waals surface area contributed by atoms with E-state index in [1.807, 2.05) is 50.2 Å². The fraction of sp³-hybridized carbons (Fsp3) is 0.406. The molecule has 0 amide bonds. The van der Waals surface area contributed by atoms with Gasteiger partial charge in [0.25, 0.3) is 0 Å². The van der Waals surface area contributed by atoms with Crippen molar-refractivity contribution in [1.82, 2.24) is 5.32 Å². The van der Waals surface area contributed by atoms with Crippen molar-refractivity contribution in [3.8, 4) is 11.5 Å². The van der Waals surface area contributed by atoms with Gasteiger partial charge in [-0.2, -0.15) is 0 Å². The van der Waals surface area contributed by atoms with Crippen molar-refractivity contribution >= 4 is 5.97 Å². The molecule has 1 saturated heterocycles. The molecule has 0 radical (unpaired) electrons. The number of halogens is 1. The van der Waals surface area contributed by atoms with Crippen LogP contribution in [0.4, 0.5) is 4.39 Å². The molecule has 1 fully saturated rings. The number of ether oxygens (including phenoxy) is 4. The Morgan fingerprint density at radius 1 is 1.05 bits per heavy atom. The van der Waals surface area contributed by atoms with Gasteiger partial charge in [-0.15, -0.1) is 0 Å². The fourth-order valence-corrected chi connectivity index (χ4v) is 5.66. The van der Waals surface area contributed by atoms with Crippen molar-refractivity contribution in [2.45, 2.75) is 51.0 Å². The molecule has 0 saturated carbocycles. The number of fused-ring (bicyclic) bond motifs is 3. The highest BCUT2D eigenvalue weighted by Gasteiger charge is 2.52. The van der Waals surface area contributed by atoms with Gasteiger partial charge < -0.3 is 24.3 Å². The first kappa shape index (κ1) is 27.2. The van der Waals surface area contributed by atoms with Gasteiger partial charge in [-0.05, 0) is 62.1 Å². The molecule has 6 nitrogen and oxygen atoms in total. The van der Waals surface area contributed by atoms with Crippen molar-refractivity contribution in [3.63, 3.8) is 0 Å². The molecule has 0 unspecified atom stereocenters. The summed E-state index contributed by atoms with van der Waals surface area (Å²) < 4.78 is 37.8. The van der Waals surface area contributed by atoms with E-state index in [0.29, 0.717) is 26.0 Å². The summed E-state index contributed by atoms with van der Waals surface area (Å²) in [5.74, 6) is 0.373. The molecule has 5 rings (SSSR count). The Morgan fingerprint density at radius 2 is 1.82 bits per heavy atom. The number of rotatable bonds is 9. The highest BCUT2D eigenvalue weighted by molar-refractivity contribution is 5.73.